The van der Waals surface area contributed by atoms with Crippen LogP contribution in [0.2, 0.25) is 0 Å². The third-order valence-electron chi connectivity index (χ3n) is 2.69. The highest BCUT2D eigenvalue weighted by Gasteiger charge is 2.05. The van der Waals surface area contributed by atoms with E-state index in [1.807, 2.05) is 0 Å². The molecule has 1 aromatic carbocycles. The fraction of sp³-hybridized carbons (Fsp3) is 0.333. The predicted octanol–water partition coefficient (Wildman–Crippen LogP) is 2.85. The minimum atomic E-state index is 1.23. The number of fused-ring (bicyclic) bond motifs is 1. The lowest BCUT2D eigenvalue weighted by molar-refractivity contribution is 1.12. The van der Waals surface area contributed by atoms with Crippen LogP contribution >= 0.6 is 0 Å². The van der Waals surface area contributed by atoms with Gasteiger partial charge in [-0.15, -0.1) is 0 Å². The van der Waals surface area contributed by atoms with Gasteiger partial charge in [-0.1, -0.05) is 0 Å². The predicted molar refractivity (Wildman–Crippen MR) is 62.1 cm³/mol. The van der Waals surface area contributed by atoms with Gasteiger partial charge in [0.15, 0.2) is 0 Å². The molecule has 1 heterocycles. The summed E-state index contributed by atoms with van der Waals surface area (Å²) in [4.78, 5) is 5.43. The number of anilines is 1. The molecule has 0 aliphatic rings. The van der Waals surface area contributed by atoms with Crippen molar-refractivity contribution in [3.63, 3.8) is 0 Å². The van der Waals surface area contributed by atoms with Crippen LogP contribution < -0.4 is 4.90 Å². The summed E-state index contributed by atoms with van der Waals surface area (Å²) in [5, 5.41) is 1.32. The largest absolute Gasteiger partial charge is 0.377 e. The van der Waals surface area contributed by atoms with Gasteiger partial charge in [-0.2, -0.15) is 0 Å². The van der Waals surface area contributed by atoms with Gasteiger partial charge in [-0.25, -0.2) is 0 Å². The van der Waals surface area contributed by atoms with Crippen LogP contribution in [0.4, 0.5) is 5.69 Å². The summed E-state index contributed by atoms with van der Waals surface area (Å²) in [7, 11) is 4.16. The molecule has 2 aromatic rings. The third kappa shape index (κ3) is 1.27. The smallest absolute Gasteiger partial charge is 0.0460 e. The number of H-pyrrole nitrogens is 1. The van der Waals surface area contributed by atoms with Gasteiger partial charge in [0.1, 0.15) is 0 Å². The highest BCUT2D eigenvalue weighted by molar-refractivity contribution is 5.87. The van der Waals surface area contributed by atoms with E-state index in [9.17, 15) is 0 Å². The molecular formula is C12H16N2. The molecule has 0 fully saturated rings. The number of nitrogens with zero attached hydrogens (tertiary/aromatic N) is 1. The third-order valence-corrected chi connectivity index (χ3v) is 2.69. The van der Waals surface area contributed by atoms with E-state index in [4.69, 9.17) is 0 Å². The summed E-state index contributed by atoms with van der Waals surface area (Å²) in [5.41, 5.74) is 5.14. The molecule has 1 aromatic heterocycles. The summed E-state index contributed by atoms with van der Waals surface area (Å²) in [5.74, 6) is 0. The van der Waals surface area contributed by atoms with E-state index in [0.29, 0.717) is 0 Å². The second-order valence-electron chi connectivity index (χ2n) is 4.05. The number of benzene rings is 1. The Morgan fingerprint density at radius 2 is 1.79 bits per heavy atom. The molecule has 0 unspecified atom stereocenters. The molecule has 0 aliphatic heterocycles. The Labute approximate surface area is 84.5 Å². The highest BCUT2D eigenvalue weighted by Crippen LogP contribution is 2.26. The fourth-order valence-corrected chi connectivity index (χ4v) is 1.89. The van der Waals surface area contributed by atoms with Crippen molar-refractivity contribution < 1.29 is 0 Å². The van der Waals surface area contributed by atoms with Crippen LogP contribution in [-0.4, -0.2) is 19.1 Å². The Balaban J connectivity index is 2.74. The van der Waals surface area contributed by atoms with Gasteiger partial charge < -0.3 is 9.88 Å². The monoisotopic (exact) mass is 188 g/mol. The van der Waals surface area contributed by atoms with Crippen LogP contribution in [0.25, 0.3) is 10.9 Å². The first-order valence-electron chi connectivity index (χ1n) is 4.85. The molecule has 2 rings (SSSR count). The fourth-order valence-electron chi connectivity index (χ4n) is 1.89. The van der Waals surface area contributed by atoms with Gasteiger partial charge in [-0.3, -0.25) is 0 Å². The molecule has 0 saturated carbocycles. The van der Waals surface area contributed by atoms with Gasteiger partial charge in [0.2, 0.25) is 0 Å². The van der Waals surface area contributed by atoms with E-state index in [1.54, 1.807) is 0 Å². The molecule has 0 saturated heterocycles. The summed E-state index contributed by atoms with van der Waals surface area (Å²) >= 11 is 0. The second-order valence-corrected chi connectivity index (χ2v) is 4.05. The molecule has 14 heavy (non-hydrogen) atoms. The average molecular weight is 188 g/mol. The topological polar surface area (TPSA) is 19.0 Å². The average Bonchev–Trinajstić information content (AvgIpc) is 2.46. The zero-order valence-corrected chi connectivity index (χ0v) is 9.18. The maximum atomic E-state index is 3.28. The van der Waals surface area contributed by atoms with Crippen LogP contribution in [0.1, 0.15) is 11.1 Å². The molecule has 0 aliphatic carbocycles. The number of nitrogens with one attached hydrogen (secondary N) is 1. The first-order chi connectivity index (χ1) is 6.59. The van der Waals surface area contributed by atoms with Crippen molar-refractivity contribution in [3.05, 3.63) is 29.5 Å². The molecule has 0 amide bonds. The maximum Gasteiger partial charge on any atom is 0.0460 e. The second kappa shape index (κ2) is 3.05. The summed E-state index contributed by atoms with van der Waals surface area (Å²) < 4.78 is 0. The minimum absolute atomic E-state index is 1.23. The standard InChI is InChI=1S/C12H16N2/c1-8-5-11-10(9(2)7-13-11)6-12(8)14(3)4/h5-7,13H,1-4H3. The van der Waals surface area contributed by atoms with Crippen LogP contribution in [0, 0.1) is 13.8 Å². The Bertz CT molecular complexity index is 466. The van der Waals surface area contributed by atoms with Crippen molar-refractivity contribution in [2.24, 2.45) is 0 Å². The number of hydrogen-bond donors (Lipinski definition) is 1. The molecule has 0 bridgehead atoms. The molecule has 2 nitrogen and oxygen atoms in total. The van der Waals surface area contributed by atoms with Crippen molar-refractivity contribution in [2.45, 2.75) is 13.8 Å². The molecule has 0 radical (unpaired) electrons. The van der Waals surface area contributed by atoms with E-state index < -0.39 is 0 Å². The molecule has 74 valence electrons. The number of rotatable bonds is 1. The molecule has 2 heteroatoms. The van der Waals surface area contributed by atoms with E-state index >= 15 is 0 Å². The van der Waals surface area contributed by atoms with Gasteiger partial charge in [0.25, 0.3) is 0 Å². The van der Waals surface area contributed by atoms with Gasteiger partial charge in [0.05, 0.1) is 0 Å². The van der Waals surface area contributed by atoms with E-state index in [2.05, 4.69) is 56.2 Å². The van der Waals surface area contributed by atoms with Gasteiger partial charge >= 0.3 is 0 Å². The SMILES string of the molecule is Cc1cc2[nH]cc(C)c2cc1N(C)C. The van der Waals surface area contributed by atoms with Crippen molar-refractivity contribution in [1.82, 2.24) is 4.98 Å². The maximum absolute atomic E-state index is 3.28. The molecule has 0 atom stereocenters. The summed E-state index contributed by atoms with van der Waals surface area (Å²) in [6.07, 6.45) is 2.06. The van der Waals surface area contributed by atoms with Crippen molar-refractivity contribution in [2.75, 3.05) is 19.0 Å². The number of aromatic amines is 1. The van der Waals surface area contributed by atoms with Crippen molar-refractivity contribution >= 4 is 16.6 Å². The quantitative estimate of drug-likeness (QED) is 0.729. The molecule has 0 spiro atoms. The lowest BCUT2D eigenvalue weighted by Gasteiger charge is -2.15. The summed E-state index contributed by atoms with van der Waals surface area (Å²) in [6, 6.07) is 4.45. The van der Waals surface area contributed by atoms with Crippen LogP contribution in [0.3, 0.4) is 0 Å². The Morgan fingerprint density at radius 3 is 2.43 bits per heavy atom. The van der Waals surface area contributed by atoms with Crippen LogP contribution in [0.15, 0.2) is 18.3 Å². The zero-order chi connectivity index (χ0) is 10.3. The lowest BCUT2D eigenvalue weighted by Crippen LogP contribution is -2.09. The normalized spacial score (nSPS) is 10.9. The van der Waals surface area contributed by atoms with Crippen molar-refractivity contribution in [3.8, 4) is 0 Å². The first-order valence-corrected chi connectivity index (χ1v) is 4.85. The Morgan fingerprint density at radius 1 is 1.07 bits per heavy atom. The number of aromatic nitrogens is 1. The van der Waals surface area contributed by atoms with Crippen LogP contribution in [-0.2, 0) is 0 Å². The van der Waals surface area contributed by atoms with Gasteiger partial charge in [-0.05, 0) is 37.1 Å². The van der Waals surface area contributed by atoms with E-state index in [-0.39, 0.29) is 0 Å². The minimum Gasteiger partial charge on any atom is -0.377 e. The summed E-state index contributed by atoms with van der Waals surface area (Å²) in [6.45, 7) is 4.28. The van der Waals surface area contributed by atoms with Gasteiger partial charge in [0, 0.05) is 36.9 Å². The number of hydrogen-bond acceptors (Lipinski definition) is 1. The zero-order valence-electron chi connectivity index (χ0n) is 9.18. The van der Waals surface area contributed by atoms with Crippen LogP contribution in [0.5, 0.6) is 0 Å². The number of aryl methyl sites for hydroxylation is 2. The first kappa shape index (κ1) is 9.13. The Kier molecular flexibility index (Phi) is 1.99. The van der Waals surface area contributed by atoms with E-state index in [1.165, 1.54) is 27.7 Å². The van der Waals surface area contributed by atoms with E-state index in [0.717, 1.165) is 0 Å². The Hall–Kier alpha value is -1.44. The van der Waals surface area contributed by atoms with Crippen molar-refractivity contribution in [1.29, 1.82) is 0 Å². The molecular weight excluding hydrogens is 172 g/mol. The molecule has 1 N–H and O–H groups in total. The highest BCUT2D eigenvalue weighted by atomic mass is 15.1. The lowest BCUT2D eigenvalue weighted by atomic mass is 10.1.